The predicted octanol–water partition coefficient (Wildman–Crippen LogP) is 6.58. The van der Waals surface area contributed by atoms with Crippen LogP contribution in [0.3, 0.4) is 0 Å². The fraction of sp³-hybridized carbons (Fsp3) is 1.00. The Morgan fingerprint density at radius 3 is 2.28 bits per heavy atom. The molecule has 4 rings (SSSR count). The molecule has 168 valence electrons. The Hall–Kier alpha value is -0.0800. The van der Waals surface area contributed by atoms with Gasteiger partial charge in [0, 0.05) is 0 Å². The third-order valence-corrected chi connectivity index (χ3v) is 11.0. The minimum absolute atomic E-state index is 0.142. The molecule has 0 bridgehead atoms. The van der Waals surface area contributed by atoms with Gasteiger partial charge >= 0.3 is 0 Å². The summed E-state index contributed by atoms with van der Waals surface area (Å²) in [4.78, 5) is 0. The van der Waals surface area contributed by atoms with E-state index in [0.717, 1.165) is 54.8 Å². The lowest BCUT2D eigenvalue weighted by Gasteiger charge is -2.62. The second-order valence-corrected chi connectivity index (χ2v) is 12.8. The summed E-state index contributed by atoms with van der Waals surface area (Å²) in [7, 11) is 0. The normalized spacial score (nSPS) is 51.6. The minimum atomic E-state index is -0.417. The predicted molar refractivity (Wildman–Crippen MR) is 121 cm³/mol. The van der Waals surface area contributed by atoms with Crippen molar-refractivity contribution in [2.75, 3.05) is 0 Å². The van der Waals surface area contributed by atoms with E-state index in [1.54, 1.807) is 0 Å². The molecular formula is C27H48O2. The molecule has 0 saturated heterocycles. The van der Waals surface area contributed by atoms with Crippen molar-refractivity contribution in [1.82, 2.24) is 0 Å². The Morgan fingerprint density at radius 1 is 0.828 bits per heavy atom. The van der Waals surface area contributed by atoms with Crippen LogP contribution in [0, 0.1) is 46.3 Å². The lowest BCUT2D eigenvalue weighted by molar-refractivity contribution is -0.148. The zero-order valence-electron chi connectivity index (χ0n) is 19.9. The maximum Gasteiger partial charge on any atom is 0.0622 e. The van der Waals surface area contributed by atoms with Gasteiger partial charge in [-0.25, -0.2) is 0 Å². The standard InChI is InChI=1S/C27H48O2/c1-18(7-6-8-19(2)28)22-11-12-23-21-10-9-20-17-25(3,29)15-16-26(20,4)24(21)13-14-27(22,23)5/h18-24,28-29H,6-17H2,1-5H3/t18?,19-,20-,21-,22+,23-,24-,25-,26-,27+/m0/s1. The molecule has 2 heteroatoms. The smallest absolute Gasteiger partial charge is 0.0622 e. The Bertz CT molecular complexity index is 583. The number of aliphatic hydroxyl groups excluding tert-OH is 1. The Balaban J connectivity index is 1.46. The van der Waals surface area contributed by atoms with Crippen LogP contribution in [-0.2, 0) is 0 Å². The first-order valence-corrected chi connectivity index (χ1v) is 13.0. The minimum Gasteiger partial charge on any atom is -0.393 e. The zero-order chi connectivity index (χ0) is 21.0. The van der Waals surface area contributed by atoms with Crippen molar-refractivity contribution in [1.29, 1.82) is 0 Å². The maximum atomic E-state index is 10.7. The second-order valence-electron chi connectivity index (χ2n) is 12.8. The van der Waals surface area contributed by atoms with E-state index in [0.29, 0.717) is 10.8 Å². The average molecular weight is 405 g/mol. The molecule has 0 aromatic heterocycles. The number of rotatable bonds is 5. The molecule has 4 saturated carbocycles. The van der Waals surface area contributed by atoms with E-state index in [4.69, 9.17) is 0 Å². The van der Waals surface area contributed by atoms with E-state index in [9.17, 15) is 10.2 Å². The van der Waals surface area contributed by atoms with Crippen LogP contribution in [0.1, 0.15) is 112 Å². The van der Waals surface area contributed by atoms with Gasteiger partial charge in [0.15, 0.2) is 0 Å². The van der Waals surface area contributed by atoms with Gasteiger partial charge in [0.2, 0.25) is 0 Å². The SMILES string of the molecule is CC(CCC[C@H](C)O)[C@H]1CC[C@H]2[C@@H]3CC[C@H]4C[C@@](C)(O)CC[C@]4(C)[C@H]3CC[C@]12C. The quantitative estimate of drug-likeness (QED) is 0.543. The molecule has 2 N–H and O–H groups in total. The Labute approximate surface area is 180 Å². The highest BCUT2D eigenvalue weighted by Crippen LogP contribution is 2.68. The van der Waals surface area contributed by atoms with Crippen LogP contribution in [0.5, 0.6) is 0 Å². The van der Waals surface area contributed by atoms with E-state index < -0.39 is 5.60 Å². The summed E-state index contributed by atoms with van der Waals surface area (Å²) < 4.78 is 0. The molecular weight excluding hydrogens is 356 g/mol. The van der Waals surface area contributed by atoms with Crippen LogP contribution in [-0.4, -0.2) is 21.9 Å². The lowest BCUT2D eigenvalue weighted by atomic mass is 9.43. The van der Waals surface area contributed by atoms with Crippen LogP contribution < -0.4 is 0 Å². The molecule has 0 radical (unpaired) electrons. The molecule has 0 amide bonds. The van der Waals surface area contributed by atoms with Gasteiger partial charge in [-0.05, 0) is 124 Å². The van der Waals surface area contributed by atoms with Crippen molar-refractivity contribution >= 4 is 0 Å². The summed E-state index contributed by atoms with van der Waals surface area (Å²) in [6.45, 7) is 11.8. The van der Waals surface area contributed by atoms with Crippen LogP contribution >= 0.6 is 0 Å². The molecule has 0 heterocycles. The van der Waals surface area contributed by atoms with Crippen molar-refractivity contribution < 1.29 is 10.2 Å². The van der Waals surface area contributed by atoms with Crippen LogP contribution in [0.25, 0.3) is 0 Å². The molecule has 2 nitrogen and oxygen atoms in total. The lowest BCUT2D eigenvalue weighted by Crippen LogP contribution is -2.55. The van der Waals surface area contributed by atoms with E-state index >= 15 is 0 Å². The fourth-order valence-electron chi connectivity index (χ4n) is 9.34. The summed E-state index contributed by atoms with van der Waals surface area (Å²) in [5.74, 6) is 5.21. The van der Waals surface area contributed by atoms with Gasteiger partial charge in [-0.1, -0.05) is 33.6 Å². The number of aliphatic hydroxyl groups is 2. The van der Waals surface area contributed by atoms with Gasteiger partial charge in [-0.15, -0.1) is 0 Å². The summed E-state index contributed by atoms with van der Waals surface area (Å²) in [5.41, 5.74) is 0.613. The third-order valence-electron chi connectivity index (χ3n) is 11.0. The molecule has 10 atom stereocenters. The number of fused-ring (bicyclic) bond motifs is 5. The number of hydrogen-bond acceptors (Lipinski definition) is 2. The molecule has 0 spiro atoms. The molecule has 0 aromatic carbocycles. The van der Waals surface area contributed by atoms with E-state index in [1.165, 1.54) is 57.8 Å². The summed E-state index contributed by atoms with van der Waals surface area (Å²) in [5, 5.41) is 20.3. The molecule has 4 fully saturated rings. The van der Waals surface area contributed by atoms with Crippen molar-refractivity contribution in [2.45, 2.75) is 123 Å². The van der Waals surface area contributed by atoms with Crippen LogP contribution in [0.2, 0.25) is 0 Å². The largest absolute Gasteiger partial charge is 0.393 e. The average Bonchev–Trinajstić information content (AvgIpc) is 2.99. The molecule has 1 unspecified atom stereocenters. The third kappa shape index (κ3) is 3.84. The van der Waals surface area contributed by atoms with Gasteiger partial charge < -0.3 is 10.2 Å². The fourth-order valence-corrected chi connectivity index (χ4v) is 9.34. The van der Waals surface area contributed by atoms with Crippen LogP contribution in [0.4, 0.5) is 0 Å². The van der Waals surface area contributed by atoms with E-state index in [1.807, 2.05) is 6.92 Å². The van der Waals surface area contributed by atoms with Gasteiger partial charge in [-0.3, -0.25) is 0 Å². The van der Waals surface area contributed by atoms with Gasteiger partial charge in [0.25, 0.3) is 0 Å². The summed E-state index contributed by atoms with van der Waals surface area (Å²) in [6.07, 6.45) is 15.1. The monoisotopic (exact) mass is 404 g/mol. The van der Waals surface area contributed by atoms with Crippen LogP contribution in [0.15, 0.2) is 0 Å². The van der Waals surface area contributed by atoms with Gasteiger partial charge in [0.1, 0.15) is 0 Å². The first-order chi connectivity index (χ1) is 13.6. The molecule has 29 heavy (non-hydrogen) atoms. The first-order valence-electron chi connectivity index (χ1n) is 13.0. The highest BCUT2D eigenvalue weighted by Gasteiger charge is 2.61. The van der Waals surface area contributed by atoms with Gasteiger partial charge in [0.05, 0.1) is 11.7 Å². The van der Waals surface area contributed by atoms with E-state index in [2.05, 4.69) is 27.7 Å². The van der Waals surface area contributed by atoms with Crippen molar-refractivity contribution in [3.63, 3.8) is 0 Å². The molecule has 0 aliphatic heterocycles. The molecule has 0 aromatic rings. The van der Waals surface area contributed by atoms with Crippen molar-refractivity contribution in [3.8, 4) is 0 Å². The molecule has 4 aliphatic carbocycles. The molecule has 4 aliphatic rings. The summed E-state index contributed by atoms with van der Waals surface area (Å²) >= 11 is 0. The van der Waals surface area contributed by atoms with Crippen molar-refractivity contribution in [2.24, 2.45) is 46.3 Å². The van der Waals surface area contributed by atoms with E-state index in [-0.39, 0.29) is 6.10 Å². The van der Waals surface area contributed by atoms with Crippen molar-refractivity contribution in [3.05, 3.63) is 0 Å². The Morgan fingerprint density at radius 2 is 1.55 bits per heavy atom. The Kier molecular flexibility index (Phi) is 5.95. The maximum absolute atomic E-state index is 10.7. The van der Waals surface area contributed by atoms with Gasteiger partial charge in [-0.2, -0.15) is 0 Å². The topological polar surface area (TPSA) is 40.5 Å². The highest BCUT2D eigenvalue weighted by molar-refractivity contribution is 5.10. The second kappa shape index (κ2) is 7.80. The number of hydrogen-bond donors (Lipinski definition) is 2. The first kappa shape index (κ1) is 22.1. The zero-order valence-corrected chi connectivity index (χ0v) is 19.9. The summed E-state index contributed by atoms with van der Waals surface area (Å²) in [6, 6.07) is 0. The highest BCUT2D eigenvalue weighted by atomic mass is 16.3.